The summed E-state index contributed by atoms with van der Waals surface area (Å²) in [5.74, 6) is 0. The van der Waals surface area contributed by atoms with Gasteiger partial charge < -0.3 is 5.73 Å². The predicted octanol–water partition coefficient (Wildman–Crippen LogP) is 3.51. The lowest BCUT2D eigenvalue weighted by molar-refractivity contribution is 1.36. The molecule has 68 valence electrons. The second kappa shape index (κ2) is 3.24. The number of nitrogen functional groups attached to an aromatic ring is 1. The SMILES string of the molecule is CSc1c(C)ccc2sc(N)cc12. The van der Waals surface area contributed by atoms with Crippen LogP contribution in [0.25, 0.3) is 10.1 Å². The van der Waals surface area contributed by atoms with Gasteiger partial charge >= 0.3 is 0 Å². The van der Waals surface area contributed by atoms with Gasteiger partial charge in [-0.3, -0.25) is 0 Å². The van der Waals surface area contributed by atoms with Crippen molar-refractivity contribution in [2.24, 2.45) is 0 Å². The molecule has 1 aromatic carbocycles. The Kier molecular flexibility index (Phi) is 2.22. The maximum absolute atomic E-state index is 5.77. The zero-order valence-corrected chi connectivity index (χ0v) is 9.26. The summed E-state index contributed by atoms with van der Waals surface area (Å²) in [5, 5.41) is 2.20. The summed E-state index contributed by atoms with van der Waals surface area (Å²) in [6.45, 7) is 2.14. The minimum Gasteiger partial charge on any atom is -0.391 e. The van der Waals surface area contributed by atoms with Crippen molar-refractivity contribution < 1.29 is 0 Å². The molecule has 0 amide bonds. The zero-order valence-electron chi connectivity index (χ0n) is 7.63. The normalized spacial score (nSPS) is 10.9. The average Bonchev–Trinajstić information content (AvgIpc) is 2.45. The standard InChI is InChI=1S/C10H11NS2/c1-6-3-4-8-7(10(6)12-2)5-9(11)13-8/h3-5H,11H2,1-2H3. The van der Waals surface area contributed by atoms with Crippen LogP contribution in [0.4, 0.5) is 5.00 Å². The van der Waals surface area contributed by atoms with Crippen molar-refractivity contribution in [2.75, 3.05) is 12.0 Å². The Morgan fingerprint density at radius 3 is 2.85 bits per heavy atom. The van der Waals surface area contributed by atoms with E-state index < -0.39 is 0 Å². The summed E-state index contributed by atoms with van der Waals surface area (Å²) in [5.41, 5.74) is 7.10. The van der Waals surface area contributed by atoms with Gasteiger partial charge in [-0.1, -0.05) is 6.07 Å². The van der Waals surface area contributed by atoms with Crippen LogP contribution >= 0.6 is 23.1 Å². The number of rotatable bonds is 1. The first-order chi connectivity index (χ1) is 6.22. The molecule has 1 nitrogen and oxygen atoms in total. The van der Waals surface area contributed by atoms with E-state index in [1.165, 1.54) is 20.5 Å². The number of aryl methyl sites for hydroxylation is 1. The lowest BCUT2D eigenvalue weighted by Gasteiger charge is -2.02. The maximum Gasteiger partial charge on any atom is 0.0869 e. The van der Waals surface area contributed by atoms with E-state index in [0.29, 0.717) is 0 Å². The summed E-state index contributed by atoms with van der Waals surface area (Å²) >= 11 is 3.44. The molecule has 0 saturated heterocycles. The fourth-order valence-corrected chi connectivity index (χ4v) is 3.17. The van der Waals surface area contributed by atoms with Crippen LogP contribution in [-0.4, -0.2) is 6.26 Å². The van der Waals surface area contributed by atoms with E-state index in [0.717, 1.165) is 5.00 Å². The quantitative estimate of drug-likeness (QED) is 0.727. The molecule has 0 aliphatic heterocycles. The van der Waals surface area contributed by atoms with Gasteiger partial charge in [0.2, 0.25) is 0 Å². The average molecular weight is 209 g/mol. The topological polar surface area (TPSA) is 26.0 Å². The fraction of sp³-hybridized carbons (Fsp3) is 0.200. The van der Waals surface area contributed by atoms with Gasteiger partial charge in [0.05, 0.1) is 5.00 Å². The molecule has 0 radical (unpaired) electrons. The third kappa shape index (κ3) is 1.42. The van der Waals surface area contributed by atoms with E-state index in [1.54, 1.807) is 23.1 Å². The summed E-state index contributed by atoms with van der Waals surface area (Å²) in [6, 6.07) is 6.37. The van der Waals surface area contributed by atoms with Gasteiger partial charge in [-0.25, -0.2) is 0 Å². The number of hydrogen-bond acceptors (Lipinski definition) is 3. The van der Waals surface area contributed by atoms with E-state index in [-0.39, 0.29) is 0 Å². The Balaban J connectivity index is 2.82. The van der Waals surface area contributed by atoms with Crippen molar-refractivity contribution in [2.45, 2.75) is 11.8 Å². The van der Waals surface area contributed by atoms with E-state index in [9.17, 15) is 0 Å². The largest absolute Gasteiger partial charge is 0.391 e. The van der Waals surface area contributed by atoms with Crippen LogP contribution in [0.5, 0.6) is 0 Å². The highest BCUT2D eigenvalue weighted by Gasteiger charge is 2.06. The Bertz CT molecular complexity index is 445. The molecule has 2 N–H and O–H groups in total. The van der Waals surface area contributed by atoms with Gasteiger partial charge in [-0.15, -0.1) is 23.1 Å². The van der Waals surface area contributed by atoms with Crippen LogP contribution in [0, 0.1) is 6.92 Å². The molecule has 2 aromatic rings. The van der Waals surface area contributed by atoms with Gasteiger partial charge in [0, 0.05) is 15.0 Å². The highest BCUT2D eigenvalue weighted by atomic mass is 32.2. The number of benzene rings is 1. The molecule has 0 aliphatic carbocycles. The monoisotopic (exact) mass is 209 g/mol. The number of fused-ring (bicyclic) bond motifs is 1. The Morgan fingerprint density at radius 2 is 2.15 bits per heavy atom. The molecular weight excluding hydrogens is 198 g/mol. The lowest BCUT2D eigenvalue weighted by Crippen LogP contribution is -1.78. The Morgan fingerprint density at radius 1 is 1.38 bits per heavy atom. The summed E-state index contributed by atoms with van der Waals surface area (Å²) in [7, 11) is 0. The second-order valence-electron chi connectivity index (χ2n) is 2.98. The van der Waals surface area contributed by atoms with Gasteiger partial charge in [0.1, 0.15) is 0 Å². The van der Waals surface area contributed by atoms with Gasteiger partial charge in [-0.2, -0.15) is 0 Å². The smallest absolute Gasteiger partial charge is 0.0869 e. The van der Waals surface area contributed by atoms with Crippen molar-refractivity contribution in [3.05, 3.63) is 23.8 Å². The Labute approximate surface area is 85.9 Å². The van der Waals surface area contributed by atoms with Crippen LogP contribution in [0.1, 0.15) is 5.56 Å². The molecule has 13 heavy (non-hydrogen) atoms. The minimum atomic E-state index is 0.899. The van der Waals surface area contributed by atoms with Crippen LogP contribution < -0.4 is 5.73 Å². The maximum atomic E-state index is 5.77. The van der Waals surface area contributed by atoms with E-state index in [4.69, 9.17) is 5.73 Å². The second-order valence-corrected chi connectivity index (χ2v) is 4.91. The van der Waals surface area contributed by atoms with E-state index in [2.05, 4.69) is 31.4 Å². The number of anilines is 1. The van der Waals surface area contributed by atoms with Crippen molar-refractivity contribution in [3.63, 3.8) is 0 Å². The third-order valence-corrected chi connectivity index (χ3v) is 3.95. The molecule has 3 heteroatoms. The third-order valence-electron chi connectivity index (χ3n) is 2.07. The first-order valence-corrected chi connectivity index (χ1v) is 6.09. The molecule has 0 atom stereocenters. The molecular formula is C10H11NS2. The number of hydrogen-bond donors (Lipinski definition) is 1. The van der Waals surface area contributed by atoms with Crippen LogP contribution in [0.2, 0.25) is 0 Å². The van der Waals surface area contributed by atoms with Crippen LogP contribution in [0.3, 0.4) is 0 Å². The number of thioether (sulfide) groups is 1. The summed E-state index contributed by atoms with van der Waals surface area (Å²) < 4.78 is 1.28. The van der Waals surface area contributed by atoms with Gasteiger partial charge in [-0.05, 0) is 30.9 Å². The van der Waals surface area contributed by atoms with E-state index >= 15 is 0 Å². The van der Waals surface area contributed by atoms with Crippen LogP contribution in [0.15, 0.2) is 23.1 Å². The molecule has 1 aromatic heterocycles. The minimum absolute atomic E-state index is 0.899. The molecule has 0 fully saturated rings. The predicted molar refractivity (Wildman–Crippen MR) is 62.8 cm³/mol. The fourth-order valence-electron chi connectivity index (χ4n) is 1.49. The molecule has 2 rings (SSSR count). The summed E-state index contributed by atoms with van der Waals surface area (Å²) in [6.07, 6.45) is 2.11. The van der Waals surface area contributed by atoms with Crippen LogP contribution in [-0.2, 0) is 0 Å². The van der Waals surface area contributed by atoms with Crippen molar-refractivity contribution in [1.29, 1.82) is 0 Å². The molecule has 0 aliphatic rings. The molecule has 0 bridgehead atoms. The number of nitrogens with two attached hydrogens (primary N) is 1. The zero-order chi connectivity index (χ0) is 9.42. The number of thiophene rings is 1. The van der Waals surface area contributed by atoms with E-state index in [1.807, 2.05) is 0 Å². The van der Waals surface area contributed by atoms with Gasteiger partial charge in [0.25, 0.3) is 0 Å². The van der Waals surface area contributed by atoms with Gasteiger partial charge in [0.15, 0.2) is 0 Å². The molecule has 0 unspecified atom stereocenters. The first-order valence-electron chi connectivity index (χ1n) is 4.05. The van der Waals surface area contributed by atoms with Crippen molar-refractivity contribution >= 4 is 38.2 Å². The molecule has 1 heterocycles. The first kappa shape index (κ1) is 8.91. The summed E-state index contributed by atoms with van der Waals surface area (Å²) in [4.78, 5) is 1.35. The Hall–Kier alpha value is -0.670. The highest BCUT2D eigenvalue weighted by Crippen LogP contribution is 2.35. The highest BCUT2D eigenvalue weighted by molar-refractivity contribution is 7.98. The molecule has 0 saturated carbocycles. The lowest BCUT2D eigenvalue weighted by atomic mass is 10.2. The van der Waals surface area contributed by atoms with Crippen molar-refractivity contribution in [3.8, 4) is 0 Å². The van der Waals surface area contributed by atoms with Crippen molar-refractivity contribution in [1.82, 2.24) is 0 Å². The molecule has 0 spiro atoms.